The summed E-state index contributed by atoms with van der Waals surface area (Å²) >= 11 is 0. The van der Waals surface area contributed by atoms with Gasteiger partial charge in [0.05, 0.1) is 11.6 Å². The van der Waals surface area contributed by atoms with E-state index in [1.807, 2.05) is 29.2 Å². The highest BCUT2D eigenvalue weighted by Gasteiger charge is 2.22. The summed E-state index contributed by atoms with van der Waals surface area (Å²) in [7, 11) is 0. The molecule has 26 heavy (non-hydrogen) atoms. The van der Waals surface area contributed by atoms with E-state index in [0.29, 0.717) is 30.8 Å². The van der Waals surface area contributed by atoms with Gasteiger partial charge in [-0.1, -0.05) is 23.8 Å². The van der Waals surface area contributed by atoms with Crippen LogP contribution in [0.25, 0.3) is 0 Å². The second-order valence-electron chi connectivity index (χ2n) is 6.49. The number of hydrogen-bond acceptors (Lipinski definition) is 4. The van der Waals surface area contributed by atoms with Gasteiger partial charge in [-0.15, -0.1) is 0 Å². The van der Waals surface area contributed by atoms with Crippen LogP contribution in [0.4, 0.5) is 0 Å². The fourth-order valence-electron chi connectivity index (χ4n) is 3.01. The number of piperazine rings is 1. The number of hydrogen-bond donors (Lipinski definition) is 0. The van der Waals surface area contributed by atoms with E-state index in [-0.39, 0.29) is 5.91 Å². The second-order valence-corrected chi connectivity index (χ2v) is 6.49. The topological polar surface area (TPSA) is 56.6 Å². The van der Waals surface area contributed by atoms with E-state index in [9.17, 15) is 4.79 Å². The first kappa shape index (κ1) is 18.0. The summed E-state index contributed by atoms with van der Waals surface area (Å²) in [6.45, 7) is 6.60. The van der Waals surface area contributed by atoms with Gasteiger partial charge in [0.25, 0.3) is 5.91 Å². The zero-order chi connectivity index (χ0) is 18.4. The van der Waals surface area contributed by atoms with E-state index in [0.717, 1.165) is 25.4 Å². The molecule has 0 bridgehead atoms. The molecule has 0 spiro atoms. The summed E-state index contributed by atoms with van der Waals surface area (Å²) in [6, 6.07) is 17.0. The van der Waals surface area contributed by atoms with Crippen molar-refractivity contribution in [2.75, 3.05) is 39.3 Å². The van der Waals surface area contributed by atoms with Crippen LogP contribution in [0.15, 0.2) is 48.5 Å². The Bertz CT molecular complexity index is 788. The smallest absolute Gasteiger partial charge is 0.253 e. The molecule has 1 aliphatic rings. The van der Waals surface area contributed by atoms with Crippen molar-refractivity contribution < 1.29 is 9.53 Å². The Kier molecular flexibility index (Phi) is 5.88. The molecule has 1 heterocycles. The Balaban J connectivity index is 1.44. The summed E-state index contributed by atoms with van der Waals surface area (Å²) < 4.78 is 5.78. The first-order valence-electron chi connectivity index (χ1n) is 8.87. The van der Waals surface area contributed by atoms with Crippen LogP contribution in [0, 0.1) is 18.3 Å². The van der Waals surface area contributed by atoms with Crippen molar-refractivity contribution in [3.8, 4) is 11.8 Å². The Labute approximate surface area is 154 Å². The molecule has 2 aromatic rings. The van der Waals surface area contributed by atoms with Crippen LogP contribution in [-0.2, 0) is 0 Å². The van der Waals surface area contributed by atoms with Crippen LogP contribution in [-0.4, -0.2) is 55.0 Å². The van der Waals surface area contributed by atoms with E-state index in [1.165, 1.54) is 5.56 Å². The van der Waals surface area contributed by atoms with Crippen molar-refractivity contribution in [1.82, 2.24) is 9.80 Å². The molecule has 0 aromatic heterocycles. The lowest BCUT2D eigenvalue weighted by molar-refractivity contribution is 0.0620. The van der Waals surface area contributed by atoms with Gasteiger partial charge in [0.2, 0.25) is 0 Å². The number of amides is 1. The lowest BCUT2D eigenvalue weighted by Crippen LogP contribution is -2.49. The zero-order valence-electron chi connectivity index (χ0n) is 15.0. The third-order valence-corrected chi connectivity index (χ3v) is 4.60. The van der Waals surface area contributed by atoms with Crippen molar-refractivity contribution in [1.29, 1.82) is 5.26 Å². The fraction of sp³-hybridized carbons (Fsp3) is 0.333. The maximum absolute atomic E-state index is 12.6. The first-order chi connectivity index (χ1) is 12.7. The summed E-state index contributed by atoms with van der Waals surface area (Å²) in [5.41, 5.74) is 2.32. The molecule has 2 aromatic carbocycles. The second kappa shape index (κ2) is 8.50. The third kappa shape index (κ3) is 4.62. The Morgan fingerprint density at radius 1 is 1.12 bits per heavy atom. The molecule has 1 fully saturated rings. The molecular weight excluding hydrogens is 326 g/mol. The van der Waals surface area contributed by atoms with Gasteiger partial charge in [0, 0.05) is 38.3 Å². The lowest BCUT2D eigenvalue weighted by Gasteiger charge is -2.34. The van der Waals surface area contributed by atoms with Gasteiger partial charge in [0.1, 0.15) is 12.4 Å². The first-order valence-corrected chi connectivity index (χ1v) is 8.87. The number of nitriles is 1. The fourth-order valence-corrected chi connectivity index (χ4v) is 3.01. The molecule has 134 valence electrons. The summed E-state index contributed by atoms with van der Waals surface area (Å²) in [4.78, 5) is 16.7. The molecule has 3 rings (SSSR count). The molecule has 1 amide bonds. The van der Waals surface area contributed by atoms with E-state index in [4.69, 9.17) is 10.00 Å². The van der Waals surface area contributed by atoms with Gasteiger partial charge >= 0.3 is 0 Å². The monoisotopic (exact) mass is 349 g/mol. The summed E-state index contributed by atoms with van der Waals surface area (Å²) in [6.07, 6.45) is 0. The normalized spacial score (nSPS) is 14.7. The number of aryl methyl sites for hydroxylation is 1. The highest BCUT2D eigenvalue weighted by molar-refractivity contribution is 5.94. The van der Waals surface area contributed by atoms with Gasteiger partial charge < -0.3 is 9.64 Å². The molecule has 0 aliphatic carbocycles. The predicted octanol–water partition coefficient (Wildman–Crippen LogP) is 2.70. The quantitative estimate of drug-likeness (QED) is 0.833. The van der Waals surface area contributed by atoms with Crippen LogP contribution in [0.5, 0.6) is 5.75 Å². The predicted molar refractivity (Wildman–Crippen MR) is 100 cm³/mol. The number of rotatable bonds is 5. The van der Waals surface area contributed by atoms with Crippen molar-refractivity contribution in [3.05, 3.63) is 65.2 Å². The molecule has 0 radical (unpaired) electrons. The zero-order valence-corrected chi connectivity index (χ0v) is 15.0. The average molecular weight is 349 g/mol. The molecular formula is C21H23N3O2. The van der Waals surface area contributed by atoms with Crippen LogP contribution >= 0.6 is 0 Å². The Morgan fingerprint density at radius 3 is 2.54 bits per heavy atom. The van der Waals surface area contributed by atoms with Crippen LogP contribution in [0.2, 0.25) is 0 Å². The minimum absolute atomic E-state index is 0.00217. The van der Waals surface area contributed by atoms with Gasteiger partial charge in [-0.05, 0) is 37.3 Å². The molecule has 0 saturated carbocycles. The van der Waals surface area contributed by atoms with Crippen molar-refractivity contribution in [3.63, 3.8) is 0 Å². The van der Waals surface area contributed by atoms with E-state index < -0.39 is 0 Å². The minimum Gasteiger partial charge on any atom is -0.492 e. The minimum atomic E-state index is -0.00217. The number of benzene rings is 2. The molecule has 0 unspecified atom stereocenters. The van der Waals surface area contributed by atoms with Crippen LogP contribution in [0.3, 0.4) is 0 Å². The lowest BCUT2D eigenvalue weighted by atomic mass is 10.1. The van der Waals surface area contributed by atoms with E-state index in [1.54, 1.807) is 24.3 Å². The highest BCUT2D eigenvalue weighted by Crippen LogP contribution is 2.13. The van der Waals surface area contributed by atoms with Gasteiger partial charge in [-0.25, -0.2) is 0 Å². The average Bonchev–Trinajstić information content (AvgIpc) is 2.69. The number of ether oxygens (including phenoxy) is 1. The van der Waals surface area contributed by atoms with Crippen molar-refractivity contribution in [2.24, 2.45) is 0 Å². The maximum atomic E-state index is 12.6. The van der Waals surface area contributed by atoms with E-state index in [2.05, 4.69) is 17.9 Å². The number of carbonyl (C=O) groups is 1. The highest BCUT2D eigenvalue weighted by atomic mass is 16.5. The van der Waals surface area contributed by atoms with E-state index >= 15 is 0 Å². The van der Waals surface area contributed by atoms with Crippen LogP contribution in [0.1, 0.15) is 21.5 Å². The summed E-state index contributed by atoms with van der Waals surface area (Å²) in [5.74, 6) is 0.888. The van der Waals surface area contributed by atoms with Crippen molar-refractivity contribution >= 4 is 5.91 Å². The Hall–Kier alpha value is -2.84. The number of carbonyl (C=O) groups excluding carboxylic acids is 1. The Morgan fingerprint density at radius 2 is 1.85 bits per heavy atom. The van der Waals surface area contributed by atoms with Gasteiger partial charge in [-0.3, -0.25) is 9.69 Å². The molecule has 0 N–H and O–H groups in total. The largest absolute Gasteiger partial charge is 0.492 e. The van der Waals surface area contributed by atoms with Crippen molar-refractivity contribution in [2.45, 2.75) is 6.92 Å². The SMILES string of the molecule is Cc1ccc(OCCN2CCN(C(=O)c3cccc(C#N)c3)CC2)cc1. The van der Waals surface area contributed by atoms with Gasteiger partial charge in [-0.2, -0.15) is 5.26 Å². The molecule has 1 aliphatic heterocycles. The third-order valence-electron chi connectivity index (χ3n) is 4.60. The standard InChI is InChI=1S/C21H23N3O2/c1-17-5-7-20(8-6-17)26-14-13-23-9-11-24(12-10-23)21(25)19-4-2-3-18(15-19)16-22/h2-8,15H,9-14H2,1H3. The molecule has 5 heteroatoms. The molecule has 5 nitrogen and oxygen atoms in total. The molecule has 1 saturated heterocycles. The maximum Gasteiger partial charge on any atom is 0.253 e. The van der Waals surface area contributed by atoms with Gasteiger partial charge in [0.15, 0.2) is 0 Å². The van der Waals surface area contributed by atoms with Crippen LogP contribution < -0.4 is 4.74 Å². The molecule has 0 atom stereocenters. The summed E-state index contributed by atoms with van der Waals surface area (Å²) in [5, 5.41) is 8.97. The number of nitrogens with zero attached hydrogens (tertiary/aromatic N) is 3.